The number of pyridine rings is 1. The lowest BCUT2D eigenvalue weighted by Crippen LogP contribution is -2.47. The van der Waals surface area contributed by atoms with Crippen molar-refractivity contribution in [2.75, 3.05) is 49.7 Å². The number of ether oxygens (including phenoxy) is 2. The van der Waals surface area contributed by atoms with E-state index in [0.717, 1.165) is 31.4 Å². The van der Waals surface area contributed by atoms with Gasteiger partial charge in [-0.15, -0.1) is 0 Å². The molecule has 0 saturated carbocycles. The molecule has 0 bridgehead atoms. The highest BCUT2D eigenvalue weighted by molar-refractivity contribution is 6.00. The molecule has 4 atom stereocenters. The summed E-state index contributed by atoms with van der Waals surface area (Å²) in [7, 11) is 2.06. The van der Waals surface area contributed by atoms with E-state index in [4.69, 9.17) is 15.2 Å². The molecular weight excluding hydrogens is 672 g/mol. The number of carbonyl (C=O) groups is 3. The quantitative estimate of drug-likeness (QED) is 0.113. The van der Waals surface area contributed by atoms with Crippen molar-refractivity contribution in [3.63, 3.8) is 0 Å². The molecule has 2 heterocycles. The van der Waals surface area contributed by atoms with Crippen molar-refractivity contribution in [2.45, 2.75) is 96.9 Å². The lowest BCUT2D eigenvalue weighted by molar-refractivity contribution is -0.116. The van der Waals surface area contributed by atoms with Crippen molar-refractivity contribution >= 4 is 34.8 Å². The van der Waals surface area contributed by atoms with E-state index in [1.807, 2.05) is 38.1 Å². The van der Waals surface area contributed by atoms with E-state index < -0.39 is 6.04 Å². The Hall–Kier alpha value is -4.52. The first-order chi connectivity index (χ1) is 25.5. The summed E-state index contributed by atoms with van der Waals surface area (Å²) in [6, 6.07) is 15.8. The van der Waals surface area contributed by atoms with Gasteiger partial charge in [-0.25, -0.2) is 0 Å². The summed E-state index contributed by atoms with van der Waals surface area (Å²) < 4.78 is 12.8. The molecule has 0 fully saturated rings. The molecule has 3 aromatic rings. The number of nitrogens with two attached hydrogens (primary N) is 1. The van der Waals surface area contributed by atoms with Crippen LogP contribution in [0.15, 0.2) is 67.0 Å². The zero-order chi connectivity index (χ0) is 38.2. The highest BCUT2D eigenvalue weighted by Crippen LogP contribution is 2.29. The van der Waals surface area contributed by atoms with Gasteiger partial charge in [-0.05, 0) is 101 Å². The van der Waals surface area contributed by atoms with Crippen LogP contribution in [0, 0.1) is 5.92 Å². The molecule has 2 aromatic carbocycles. The van der Waals surface area contributed by atoms with Gasteiger partial charge in [0, 0.05) is 63.1 Å². The number of anilines is 3. The molecule has 1 aliphatic rings. The van der Waals surface area contributed by atoms with E-state index in [2.05, 4.69) is 34.5 Å². The van der Waals surface area contributed by atoms with Crippen molar-refractivity contribution in [3.8, 4) is 5.75 Å². The van der Waals surface area contributed by atoms with Crippen LogP contribution >= 0.6 is 0 Å². The molecule has 3 amide bonds. The van der Waals surface area contributed by atoms with Crippen LogP contribution in [0.25, 0.3) is 0 Å². The van der Waals surface area contributed by atoms with Crippen LogP contribution in [0.2, 0.25) is 0 Å². The predicted molar refractivity (Wildman–Crippen MR) is 209 cm³/mol. The second kappa shape index (κ2) is 21.2. The number of aliphatic hydroxyl groups excluding tert-OH is 1. The first-order valence-corrected chi connectivity index (χ1v) is 18.9. The van der Waals surface area contributed by atoms with Crippen molar-refractivity contribution in [1.29, 1.82) is 0 Å². The van der Waals surface area contributed by atoms with E-state index in [1.54, 1.807) is 47.6 Å². The molecular formula is C41H58N6O6. The van der Waals surface area contributed by atoms with Gasteiger partial charge in [0.2, 0.25) is 11.8 Å². The molecule has 12 nitrogen and oxygen atoms in total. The van der Waals surface area contributed by atoms with Gasteiger partial charge in [0.25, 0.3) is 5.91 Å². The largest absolute Gasteiger partial charge is 0.490 e. The number of para-hydroxylation sites is 2. The molecule has 0 spiro atoms. The Morgan fingerprint density at radius 3 is 2.45 bits per heavy atom. The summed E-state index contributed by atoms with van der Waals surface area (Å²) in [5.74, 6) is -0.189. The Balaban J connectivity index is 1.42. The number of likely N-dealkylation sites (N-methyl/N-ethyl adjacent to an activating group) is 1. The van der Waals surface area contributed by atoms with E-state index in [1.165, 1.54) is 0 Å². The van der Waals surface area contributed by atoms with E-state index in [9.17, 15) is 19.5 Å². The zero-order valence-corrected chi connectivity index (χ0v) is 31.8. The maximum Gasteiger partial charge on any atom is 0.258 e. The third-order valence-corrected chi connectivity index (χ3v) is 9.57. The van der Waals surface area contributed by atoms with Crippen molar-refractivity contribution < 1.29 is 29.0 Å². The van der Waals surface area contributed by atoms with Gasteiger partial charge in [-0.1, -0.05) is 25.5 Å². The second-order valence-corrected chi connectivity index (χ2v) is 14.3. The molecule has 12 heteroatoms. The minimum Gasteiger partial charge on any atom is -0.490 e. The van der Waals surface area contributed by atoms with Gasteiger partial charge in [-0.2, -0.15) is 0 Å². The van der Waals surface area contributed by atoms with Crippen LogP contribution in [-0.2, 0) is 20.9 Å². The molecule has 4 rings (SSSR count). The van der Waals surface area contributed by atoms with Crippen molar-refractivity contribution in [3.05, 3.63) is 78.1 Å². The Bertz CT molecular complexity index is 1610. The summed E-state index contributed by atoms with van der Waals surface area (Å²) in [6.45, 7) is 8.06. The summed E-state index contributed by atoms with van der Waals surface area (Å²) >= 11 is 0. The van der Waals surface area contributed by atoms with Crippen molar-refractivity contribution in [2.24, 2.45) is 5.92 Å². The first-order valence-electron chi connectivity index (χ1n) is 18.9. The third-order valence-electron chi connectivity index (χ3n) is 9.57. The fourth-order valence-electron chi connectivity index (χ4n) is 6.43. The van der Waals surface area contributed by atoms with Crippen LogP contribution in [0.1, 0.15) is 88.1 Å². The van der Waals surface area contributed by atoms with E-state index in [-0.39, 0.29) is 48.9 Å². The lowest BCUT2D eigenvalue weighted by atomic mass is 10.0. The lowest BCUT2D eigenvalue weighted by Gasteiger charge is -2.36. The summed E-state index contributed by atoms with van der Waals surface area (Å²) in [5, 5.41) is 16.0. The molecule has 0 aliphatic carbocycles. The number of nitrogen functional groups attached to an aromatic ring is 1. The Morgan fingerprint density at radius 2 is 1.74 bits per heavy atom. The van der Waals surface area contributed by atoms with Gasteiger partial charge in [-0.3, -0.25) is 24.3 Å². The number of hydrogen-bond acceptors (Lipinski definition) is 9. The monoisotopic (exact) mass is 730 g/mol. The number of nitrogens with one attached hydrogen (secondary N) is 2. The molecule has 53 heavy (non-hydrogen) atoms. The summed E-state index contributed by atoms with van der Waals surface area (Å²) in [5.41, 5.74) is 9.00. The Kier molecular flexibility index (Phi) is 16.5. The average molecular weight is 731 g/mol. The molecule has 0 radical (unpaired) electrons. The van der Waals surface area contributed by atoms with Gasteiger partial charge in [0.15, 0.2) is 0 Å². The van der Waals surface area contributed by atoms with E-state index in [0.29, 0.717) is 73.8 Å². The minimum absolute atomic E-state index is 0.0514. The number of hydrogen-bond donors (Lipinski definition) is 4. The number of unbranched alkanes of at least 4 members (excludes halogenated alkanes) is 2. The maximum absolute atomic E-state index is 14.4. The highest BCUT2D eigenvalue weighted by Gasteiger charge is 2.30. The number of carbonyl (C=O) groups excluding carboxylic acids is 3. The molecule has 288 valence electrons. The summed E-state index contributed by atoms with van der Waals surface area (Å²) in [6.07, 6.45) is 8.41. The van der Waals surface area contributed by atoms with Crippen LogP contribution in [0.3, 0.4) is 0 Å². The van der Waals surface area contributed by atoms with Crippen LogP contribution < -0.4 is 21.1 Å². The van der Waals surface area contributed by atoms with E-state index >= 15 is 0 Å². The Labute approximate surface area is 314 Å². The number of aliphatic hydroxyl groups is 1. The van der Waals surface area contributed by atoms with Gasteiger partial charge in [0.1, 0.15) is 5.75 Å². The summed E-state index contributed by atoms with van der Waals surface area (Å²) in [4.78, 5) is 47.8. The maximum atomic E-state index is 14.4. The highest BCUT2D eigenvalue weighted by atomic mass is 16.5. The fourth-order valence-corrected chi connectivity index (χ4v) is 6.43. The first kappa shape index (κ1) is 41.2. The molecule has 1 aliphatic heterocycles. The van der Waals surface area contributed by atoms with Crippen molar-refractivity contribution in [1.82, 2.24) is 14.8 Å². The number of nitrogens with zero attached hydrogens (tertiary/aromatic N) is 3. The molecule has 0 unspecified atom stereocenters. The van der Waals surface area contributed by atoms with Gasteiger partial charge < -0.3 is 35.8 Å². The number of aromatic nitrogens is 1. The molecule has 0 saturated heterocycles. The normalized spacial score (nSPS) is 19.1. The number of fused-ring (bicyclic) bond motifs is 1. The number of benzene rings is 2. The topological polar surface area (TPSA) is 159 Å². The van der Waals surface area contributed by atoms with Crippen LogP contribution in [0.5, 0.6) is 5.75 Å². The van der Waals surface area contributed by atoms with Crippen LogP contribution in [-0.4, -0.2) is 89.2 Å². The molecule has 1 aromatic heterocycles. The molecule has 5 N–H and O–H groups in total. The average Bonchev–Trinajstić information content (AvgIpc) is 3.14. The smallest absolute Gasteiger partial charge is 0.258 e. The fraction of sp³-hybridized carbons (Fsp3) is 0.512. The second-order valence-electron chi connectivity index (χ2n) is 14.3. The minimum atomic E-state index is -0.469. The number of amides is 3. The van der Waals surface area contributed by atoms with Crippen LogP contribution in [0.4, 0.5) is 17.1 Å². The van der Waals surface area contributed by atoms with Gasteiger partial charge >= 0.3 is 0 Å². The Morgan fingerprint density at radius 1 is 1.02 bits per heavy atom. The number of rotatable bonds is 14. The zero-order valence-electron chi connectivity index (χ0n) is 31.8. The SMILES string of the molecule is C[C@@H]1CCCCO[C@@H](CN(C)Cc2ccncc2)[C@@H](C)CN([C@H](C)CO)C(=O)c2cc(NC(=O)CCCCCC(=O)Nc3ccccc3N)ccc2O1. The van der Waals surface area contributed by atoms with Gasteiger partial charge in [0.05, 0.1) is 41.8 Å². The standard InChI is InChI=1S/C41H58N6O6/c1-29-25-47(30(2)28-48)41(51)34-24-33(44-39(49)15-6-5-7-16-40(50)45-36-14-9-8-13-35(36)42)17-18-37(34)53-31(3)12-10-11-23-52-38(29)27-46(4)26-32-19-21-43-22-20-32/h8-9,13-14,17-22,24,29-31,38,48H,5-7,10-12,15-16,23,25-28,42H2,1-4H3,(H,44,49)(H,45,50)/t29-,30+,31+,38-/m0/s1. The third kappa shape index (κ3) is 13.4. The predicted octanol–water partition coefficient (Wildman–Crippen LogP) is 6.12.